The van der Waals surface area contributed by atoms with Gasteiger partial charge < -0.3 is 5.11 Å². The number of fused-ring (bicyclic) bond motifs is 1. The van der Waals surface area contributed by atoms with Crippen LogP contribution in [0.4, 0.5) is 0 Å². The Kier molecular flexibility index (Phi) is 6.05. The van der Waals surface area contributed by atoms with E-state index in [2.05, 4.69) is 75.0 Å². The highest BCUT2D eigenvalue weighted by Crippen LogP contribution is 2.43. The third-order valence-electron chi connectivity index (χ3n) is 6.10. The van der Waals surface area contributed by atoms with Crippen molar-refractivity contribution in [2.24, 2.45) is 0 Å². The molecule has 1 aliphatic rings. The molecular weight excluding hydrogens is 340 g/mol. The van der Waals surface area contributed by atoms with Gasteiger partial charge in [0.2, 0.25) is 0 Å². The lowest BCUT2D eigenvalue weighted by Crippen LogP contribution is -2.17. The van der Waals surface area contributed by atoms with Gasteiger partial charge in [-0.25, -0.2) is 0 Å². The van der Waals surface area contributed by atoms with E-state index in [1.54, 1.807) is 0 Å². The van der Waals surface area contributed by atoms with Crippen molar-refractivity contribution in [3.05, 3.63) is 101 Å². The summed E-state index contributed by atoms with van der Waals surface area (Å²) in [5, 5.41) is 10.9. The van der Waals surface area contributed by atoms with E-state index in [0.29, 0.717) is 6.42 Å². The van der Waals surface area contributed by atoms with Crippen LogP contribution in [0.15, 0.2) is 78.4 Å². The zero-order chi connectivity index (χ0) is 20.3. The van der Waals surface area contributed by atoms with Crippen LogP contribution in [0, 0.1) is 0 Å². The highest BCUT2D eigenvalue weighted by Gasteiger charge is 2.34. The Morgan fingerprint density at radius 1 is 1.14 bits per heavy atom. The molecule has 0 aromatic heterocycles. The minimum atomic E-state index is -0.463. The molecule has 0 aliphatic heterocycles. The summed E-state index contributed by atoms with van der Waals surface area (Å²) in [6.45, 7) is 12.7. The third kappa shape index (κ3) is 4.05. The smallest absolute Gasteiger partial charge is 0.0790 e. The van der Waals surface area contributed by atoms with E-state index in [1.165, 1.54) is 27.8 Å². The van der Waals surface area contributed by atoms with E-state index in [4.69, 9.17) is 0 Å². The molecule has 0 spiro atoms. The van der Waals surface area contributed by atoms with E-state index in [9.17, 15) is 5.11 Å². The molecule has 0 amide bonds. The van der Waals surface area contributed by atoms with Crippen LogP contribution in [-0.2, 0) is 18.3 Å². The minimum absolute atomic E-state index is 0.0110. The molecule has 0 unspecified atom stereocenters. The van der Waals surface area contributed by atoms with E-state index in [0.717, 1.165) is 24.0 Å². The maximum Gasteiger partial charge on any atom is 0.0790 e. The van der Waals surface area contributed by atoms with E-state index in [1.807, 2.05) is 19.9 Å². The van der Waals surface area contributed by atoms with Gasteiger partial charge in [-0.3, -0.25) is 0 Å². The summed E-state index contributed by atoms with van der Waals surface area (Å²) >= 11 is 0. The minimum Gasteiger partial charge on any atom is -0.388 e. The van der Waals surface area contributed by atoms with Crippen molar-refractivity contribution in [1.82, 2.24) is 0 Å². The van der Waals surface area contributed by atoms with Crippen LogP contribution in [0.5, 0.6) is 0 Å². The molecule has 0 fully saturated rings. The standard InChI is InChI=1S/C27H32O/c1-6-20(17-23-18-22-12-8-10-14-25(22)27(23,4)5)26(28)16-15-21-11-7-9-13-24(21)19(2)3/h6-14,17,26,28H,2,15-16,18H2,1,3-5H3/b20-6+,23-17+/t26-/m1/s1. The summed E-state index contributed by atoms with van der Waals surface area (Å²) in [6, 6.07) is 17.0. The van der Waals surface area contributed by atoms with Crippen LogP contribution in [-0.4, -0.2) is 11.2 Å². The second-order valence-electron chi connectivity index (χ2n) is 8.41. The molecule has 0 saturated carbocycles. The fourth-order valence-electron chi connectivity index (χ4n) is 4.30. The van der Waals surface area contributed by atoms with Crippen molar-refractivity contribution < 1.29 is 5.11 Å². The lowest BCUT2D eigenvalue weighted by molar-refractivity contribution is 0.204. The van der Waals surface area contributed by atoms with Crippen LogP contribution in [0.3, 0.4) is 0 Å². The molecule has 1 heteroatoms. The van der Waals surface area contributed by atoms with Crippen molar-refractivity contribution in [2.45, 2.75) is 58.5 Å². The summed E-state index contributed by atoms with van der Waals surface area (Å²) in [5.74, 6) is 0. The quantitative estimate of drug-likeness (QED) is 0.620. The Hall–Kier alpha value is -2.38. The average Bonchev–Trinajstić information content (AvgIpc) is 2.94. The summed E-state index contributed by atoms with van der Waals surface area (Å²) < 4.78 is 0. The Labute approximate surface area is 170 Å². The monoisotopic (exact) mass is 372 g/mol. The summed E-state index contributed by atoms with van der Waals surface area (Å²) in [5.41, 5.74) is 8.74. The molecule has 1 atom stereocenters. The Morgan fingerprint density at radius 2 is 1.82 bits per heavy atom. The van der Waals surface area contributed by atoms with Gasteiger partial charge in [-0.15, -0.1) is 0 Å². The molecular formula is C27H32O. The maximum atomic E-state index is 10.9. The first kappa shape index (κ1) is 20.4. The lowest BCUT2D eigenvalue weighted by atomic mass is 9.81. The molecule has 28 heavy (non-hydrogen) atoms. The molecule has 0 bridgehead atoms. The fourth-order valence-corrected chi connectivity index (χ4v) is 4.30. The van der Waals surface area contributed by atoms with Gasteiger partial charge >= 0.3 is 0 Å². The van der Waals surface area contributed by atoms with Crippen LogP contribution < -0.4 is 0 Å². The second kappa shape index (κ2) is 8.32. The zero-order valence-electron chi connectivity index (χ0n) is 17.6. The van der Waals surface area contributed by atoms with Gasteiger partial charge in [0.05, 0.1) is 6.10 Å². The first-order valence-electron chi connectivity index (χ1n) is 10.2. The molecule has 1 nitrogen and oxygen atoms in total. The highest BCUT2D eigenvalue weighted by molar-refractivity contribution is 5.64. The SMILES string of the molecule is C=C(C)c1ccccc1CC[C@@H](O)C(=C/C)/C=C1\Cc2ccccc2C1(C)C. The van der Waals surface area contributed by atoms with Crippen LogP contribution >= 0.6 is 0 Å². The predicted molar refractivity (Wildman–Crippen MR) is 120 cm³/mol. The summed E-state index contributed by atoms with van der Waals surface area (Å²) in [4.78, 5) is 0. The number of hydrogen-bond donors (Lipinski definition) is 1. The van der Waals surface area contributed by atoms with Gasteiger partial charge in [-0.1, -0.05) is 92.3 Å². The van der Waals surface area contributed by atoms with Crippen molar-refractivity contribution >= 4 is 5.57 Å². The van der Waals surface area contributed by atoms with Gasteiger partial charge in [-0.05, 0) is 60.9 Å². The molecule has 0 heterocycles. The Bertz CT molecular complexity index is 927. The first-order chi connectivity index (χ1) is 13.3. The van der Waals surface area contributed by atoms with E-state index >= 15 is 0 Å². The van der Waals surface area contributed by atoms with Crippen LogP contribution in [0.2, 0.25) is 0 Å². The van der Waals surface area contributed by atoms with E-state index < -0.39 is 6.10 Å². The van der Waals surface area contributed by atoms with Crippen molar-refractivity contribution in [1.29, 1.82) is 0 Å². The molecule has 0 radical (unpaired) electrons. The molecule has 1 aliphatic carbocycles. The topological polar surface area (TPSA) is 20.2 Å². The molecule has 146 valence electrons. The van der Waals surface area contributed by atoms with Crippen LogP contribution in [0.1, 0.15) is 56.4 Å². The molecule has 1 N–H and O–H groups in total. The number of aryl methyl sites for hydroxylation is 1. The number of hydrogen-bond acceptors (Lipinski definition) is 1. The van der Waals surface area contributed by atoms with Crippen LogP contribution in [0.25, 0.3) is 5.57 Å². The average molecular weight is 373 g/mol. The molecule has 2 aromatic rings. The molecule has 3 rings (SSSR count). The predicted octanol–water partition coefficient (Wildman–Crippen LogP) is 6.42. The maximum absolute atomic E-state index is 10.9. The summed E-state index contributed by atoms with van der Waals surface area (Å²) in [7, 11) is 0. The van der Waals surface area contributed by atoms with Gasteiger partial charge in [0.15, 0.2) is 0 Å². The molecule has 2 aromatic carbocycles. The number of rotatable bonds is 6. The highest BCUT2D eigenvalue weighted by atomic mass is 16.3. The number of benzene rings is 2. The second-order valence-corrected chi connectivity index (χ2v) is 8.41. The lowest BCUT2D eigenvalue weighted by Gasteiger charge is -2.23. The zero-order valence-corrected chi connectivity index (χ0v) is 17.6. The first-order valence-corrected chi connectivity index (χ1v) is 10.2. The van der Waals surface area contributed by atoms with E-state index in [-0.39, 0.29) is 5.41 Å². The number of aliphatic hydroxyl groups is 1. The van der Waals surface area contributed by atoms with Gasteiger partial charge in [0.25, 0.3) is 0 Å². The Morgan fingerprint density at radius 3 is 2.50 bits per heavy atom. The van der Waals surface area contributed by atoms with Crippen molar-refractivity contribution in [2.75, 3.05) is 0 Å². The number of aliphatic hydroxyl groups excluding tert-OH is 1. The molecule has 0 saturated heterocycles. The number of allylic oxidation sites excluding steroid dienone is 3. The normalized spacial score (nSPS) is 18.2. The largest absolute Gasteiger partial charge is 0.388 e. The fraction of sp³-hybridized carbons (Fsp3) is 0.333. The van der Waals surface area contributed by atoms with Crippen molar-refractivity contribution in [3.63, 3.8) is 0 Å². The van der Waals surface area contributed by atoms with Gasteiger partial charge in [-0.2, -0.15) is 0 Å². The van der Waals surface area contributed by atoms with Crippen molar-refractivity contribution in [3.8, 4) is 0 Å². The van der Waals surface area contributed by atoms with Gasteiger partial charge in [0.1, 0.15) is 0 Å². The Balaban J connectivity index is 1.76. The van der Waals surface area contributed by atoms with Gasteiger partial charge in [0, 0.05) is 5.41 Å². The third-order valence-corrected chi connectivity index (χ3v) is 6.10. The summed E-state index contributed by atoms with van der Waals surface area (Å²) in [6.07, 6.45) is 6.34.